The summed E-state index contributed by atoms with van der Waals surface area (Å²) in [7, 11) is 0. The van der Waals surface area contributed by atoms with E-state index in [0.717, 1.165) is 25.7 Å². The lowest BCUT2D eigenvalue weighted by Crippen LogP contribution is -2.57. The topological polar surface area (TPSA) is 187 Å². The lowest BCUT2D eigenvalue weighted by Gasteiger charge is -2.26. The fourth-order valence-electron chi connectivity index (χ4n) is 1.41. The molecule has 0 unspecified atom stereocenters. The summed E-state index contributed by atoms with van der Waals surface area (Å²) < 4.78 is 0. The van der Waals surface area contributed by atoms with Crippen LogP contribution >= 0.6 is 12.4 Å². The Labute approximate surface area is 130 Å². The first-order valence-electron chi connectivity index (χ1n) is 6.30. The fourth-order valence-corrected chi connectivity index (χ4v) is 1.41. The molecule has 0 bridgehead atoms. The van der Waals surface area contributed by atoms with Crippen molar-refractivity contribution in [2.75, 3.05) is 6.54 Å². The summed E-state index contributed by atoms with van der Waals surface area (Å²) in [6.45, 7) is 2.56. The minimum absolute atomic E-state index is 0. The SMILES string of the molecule is CCCCCCN(NC(=N)NC(=N)N)C(=N)NC(=N)N.Cl. The van der Waals surface area contributed by atoms with Crippen molar-refractivity contribution >= 4 is 36.2 Å². The quantitative estimate of drug-likeness (QED) is 0.144. The minimum Gasteiger partial charge on any atom is -0.370 e. The molecule has 0 radical (unpaired) electrons. The number of hydrogen-bond acceptors (Lipinski definition) is 4. The predicted octanol–water partition coefficient (Wildman–Crippen LogP) is -0.369. The zero-order chi connectivity index (χ0) is 15.5. The zero-order valence-electron chi connectivity index (χ0n) is 12.0. The molecule has 0 aliphatic carbocycles. The van der Waals surface area contributed by atoms with Crippen LogP contribution in [0.15, 0.2) is 0 Å². The monoisotopic (exact) mass is 320 g/mol. The Morgan fingerprint density at radius 1 is 0.952 bits per heavy atom. The van der Waals surface area contributed by atoms with Gasteiger partial charge in [-0.3, -0.25) is 42.7 Å². The lowest BCUT2D eigenvalue weighted by molar-refractivity contribution is 0.348. The maximum atomic E-state index is 7.75. The Balaban J connectivity index is 0. The van der Waals surface area contributed by atoms with Crippen LogP contribution in [0.1, 0.15) is 32.6 Å². The van der Waals surface area contributed by atoms with Gasteiger partial charge in [0.2, 0.25) is 11.9 Å². The van der Waals surface area contributed by atoms with Gasteiger partial charge in [0.25, 0.3) is 0 Å². The van der Waals surface area contributed by atoms with Crippen LogP contribution in [0.2, 0.25) is 0 Å². The average Bonchev–Trinajstić information content (AvgIpc) is 2.31. The number of unbranched alkanes of at least 4 members (excludes halogenated alkanes) is 3. The summed E-state index contributed by atoms with van der Waals surface area (Å²) in [5.74, 6) is -1.12. The molecule has 0 aromatic heterocycles. The Bertz CT molecular complexity index is 369. The standard InChI is InChI=1S/C10H24N10.ClH/c1-2-3-4-5-6-20(10(16)18-8(13)14)19-9(15)17-7(11)12;/h2-6H2,1H3,(H5,13,14,16,18)(H6,11,12,15,17,19);1H. The molecule has 0 aromatic rings. The van der Waals surface area contributed by atoms with Gasteiger partial charge < -0.3 is 11.5 Å². The number of hydrazine groups is 1. The molecule has 0 atom stereocenters. The lowest BCUT2D eigenvalue weighted by atomic mass is 10.2. The molecule has 11 N–H and O–H groups in total. The summed E-state index contributed by atoms with van der Waals surface area (Å²) in [5, 5.41) is 35.4. The van der Waals surface area contributed by atoms with E-state index in [1.807, 2.05) is 0 Å². The van der Waals surface area contributed by atoms with Crippen LogP contribution in [0, 0.1) is 21.6 Å². The maximum Gasteiger partial charge on any atom is 0.217 e. The van der Waals surface area contributed by atoms with Crippen molar-refractivity contribution in [3.8, 4) is 0 Å². The Morgan fingerprint density at radius 2 is 1.52 bits per heavy atom. The summed E-state index contributed by atoms with van der Waals surface area (Å²) in [5.41, 5.74) is 12.9. The van der Waals surface area contributed by atoms with Gasteiger partial charge in [0.1, 0.15) is 0 Å². The first-order valence-corrected chi connectivity index (χ1v) is 6.30. The van der Waals surface area contributed by atoms with Gasteiger partial charge >= 0.3 is 0 Å². The van der Waals surface area contributed by atoms with Crippen molar-refractivity contribution in [1.82, 2.24) is 21.1 Å². The van der Waals surface area contributed by atoms with Gasteiger partial charge in [0.05, 0.1) is 0 Å². The van der Waals surface area contributed by atoms with E-state index in [1.165, 1.54) is 5.01 Å². The van der Waals surface area contributed by atoms with E-state index in [1.54, 1.807) is 0 Å². The number of hydrogen-bond donors (Lipinski definition) is 9. The van der Waals surface area contributed by atoms with Crippen LogP contribution in [0.4, 0.5) is 0 Å². The van der Waals surface area contributed by atoms with Crippen LogP contribution in [0.3, 0.4) is 0 Å². The second-order valence-electron chi connectivity index (χ2n) is 4.13. The highest BCUT2D eigenvalue weighted by atomic mass is 35.5. The van der Waals surface area contributed by atoms with Gasteiger partial charge in [-0.2, -0.15) is 0 Å². The largest absolute Gasteiger partial charge is 0.370 e. The minimum atomic E-state index is -0.375. The van der Waals surface area contributed by atoms with E-state index in [4.69, 9.17) is 33.1 Å². The fraction of sp³-hybridized carbons (Fsp3) is 0.600. The highest BCUT2D eigenvalue weighted by Crippen LogP contribution is 2.00. The van der Waals surface area contributed by atoms with E-state index in [0.29, 0.717) is 6.54 Å². The third-order valence-electron chi connectivity index (χ3n) is 2.26. The number of halogens is 1. The van der Waals surface area contributed by atoms with Gasteiger partial charge in [-0.15, -0.1) is 12.4 Å². The molecule has 10 nitrogen and oxygen atoms in total. The number of nitrogens with zero attached hydrogens (tertiary/aromatic N) is 1. The van der Waals surface area contributed by atoms with Crippen LogP contribution in [0.25, 0.3) is 0 Å². The number of rotatable bonds is 5. The molecule has 0 aromatic carbocycles. The van der Waals surface area contributed by atoms with E-state index in [9.17, 15) is 0 Å². The van der Waals surface area contributed by atoms with Crippen LogP contribution in [0.5, 0.6) is 0 Å². The molecule has 122 valence electrons. The smallest absolute Gasteiger partial charge is 0.217 e. The summed E-state index contributed by atoms with van der Waals surface area (Å²) in [4.78, 5) is 0. The number of nitrogens with one attached hydrogen (secondary N) is 7. The van der Waals surface area contributed by atoms with E-state index in [-0.39, 0.29) is 36.2 Å². The van der Waals surface area contributed by atoms with E-state index in [2.05, 4.69) is 23.0 Å². The summed E-state index contributed by atoms with van der Waals surface area (Å²) in [6.07, 6.45) is 3.99. The molecule has 11 heteroatoms. The van der Waals surface area contributed by atoms with Crippen molar-refractivity contribution in [2.45, 2.75) is 32.6 Å². The molecule has 0 rings (SSSR count). The van der Waals surface area contributed by atoms with Crippen molar-refractivity contribution in [3.63, 3.8) is 0 Å². The Hall–Kier alpha value is -2.23. The molecule has 0 amide bonds. The molecular formula is C10H25ClN10. The van der Waals surface area contributed by atoms with E-state index >= 15 is 0 Å². The van der Waals surface area contributed by atoms with Crippen molar-refractivity contribution in [1.29, 1.82) is 21.6 Å². The first kappa shape index (κ1) is 21.1. The Kier molecular flexibility index (Phi) is 11.6. The third kappa shape index (κ3) is 11.3. The zero-order valence-corrected chi connectivity index (χ0v) is 12.9. The average molecular weight is 321 g/mol. The van der Waals surface area contributed by atoms with Crippen LogP contribution in [-0.4, -0.2) is 35.4 Å². The van der Waals surface area contributed by atoms with Crippen molar-refractivity contribution in [3.05, 3.63) is 0 Å². The second-order valence-corrected chi connectivity index (χ2v) is 4.13. The molecule has 0 saturated carbocycles. The Morgan fingerprint density at radius 3 is 2.00 bits per heavy atom. The van der Waals surface area contributed by atoms with E-state index < -0.39 is 0 Å². The van der Waals surface area contributed by atoms with Crippen molar-refractivity contribution < 1.29 is 0 Å². The molecule has 0 aliphatic heterocycles. The molecular weight excluding hydrogens is 296 g/mol. The predicted molar refractivity (Wildman–Crippen MR) is 86.8 cm³/mol. The third-order valence-corrected chi connectivity index (χ3v) is 2.26. The summed E-state index contributed by atoms with van der Waals surface area (Å²) >= 11 is 0. The molecule has 21 heavy (non-hydrogen) atoms. The maximum absolute atomic E-state index is 7.75. The molecule has 0 aliphatic rings. The second kappa shape index (κ2) is 11.6. The van der Waals surface area contributed by atoms with Gasteiger partial charge in [-0.1, -0.05) is 26.2 Å². The number of nitrogens with two attached hydrogens (primary N) is 2. The first-order chi connectivity index (χ1) is 9.36. The highest BCUT2D eigenvalue weighted by molar-refractivity contribution is 5.98. The van der Waals surface area contributed by atoms with Gasteiger partial charge in [0, 0.05) is 6.54 Å². The molecule has 0 heterocycles. The molecule has 0 saturated heterocycles. The highest BCUT2D eigenvalue weighted by Gasteiger charge is 2.12. The molecule has 0 spiro atoms. The summed E-state index contributed by atoms with van der Waals surface area (Å²) in [6, 6.07) is 0. The van der Waals surface area contributed by atoms with Gasteiger partial charge in [0.15, 0.2) is 11.9 Å². The van der Waals surface area contributed by atoms with Crippen LogP contribution in [-0.2, 0) is 0 Å². The van der Waals surface area contributed by atoms with Gasteiger partial charge in [-0.05, 0) is 6.42 Å². The molecule has 0 fully saturated rings. The number of guanidine groups is 4. The van der Waals surface area contributed by atoms with Gasteiger partial charge in [-0.25, -0.2) is 0 Å². The van der Waals surface area contributed by atoms with Crippen LogP contribution < -0.4 is 27.5 Å². The normalized spacial score (nSPS) is 9.00. The van der Waals surface area contributed by atoms with Crippen molar-refractivity contribution in [2.24, 2.45) is 11.5 Å².